The fraction of sp³-hybridized carbons (Fsp3) is 0.231. The Hall–Kier alpha value is -2.53. The smallest absolute Gasteiger partial charge is 0.150 e. The molecule has 0 saturated heterocycles. The molecule has 0 spiro atoms. The van der Waals surface area contributed by atoms with E-state index in [-0.39, 0.29) is 11.6 Å². The van der Waals surface area contributed by atoms with Crippen LogP contribution in [-0.2, 0) is 13.0 Å². The van der Waals surface area contributed by atoms with Crippen LogP contribution in [0.1, 0.15) is 54.3 Å². The maximum Gasteiger partial charge on any atom is 0.150 e. The molecule has 1 unspecified atom stereocenters. The highest BCUT2D eigenvalue weighted by atomic mass is 35.5. The predicted molar refractivity (Wildman–Crippen MR) is 128 cm³/mol. The third-order valence-corrected chi connectivity index (χ3v) is 6.42. The molecule has 0 bridgehead atoms. The Labute approximate surface area is 197 Å². The number of rotatable bonds is 6. The number of hydrogen-bond donors (Lipinski definition) is 1. The van der Waals surface area contributed by atoms with Gasteiger partial charge in [-0.2, -0.15) is 4.73 Å². The van der Waals surface area contributed by atoms with Crippen molar-refractivity contribution in [3.05, 3.63) is 104 Å². The standard InChI is InChI=1S/C26H24Cl2FNO2/c1-3-17-11-20-9-10-30(32-16(2)25-22(27)7-8-23(29)26(25)28)24(20)14-21(12-17)19-6-4-5-18(13-19)15-31/h4-10,12-14,16,31H,3,11,15H2,1-2H3. The lowest BCUT2D eigenvalue weighted by Crippen LogP contribution is -2.17. The number of aliphatic hydroxyl groups excluding tert-OH is 1. The lowest BCUT2D eigenvalue weighted by atomic mass is 10.00. The maximum absolute atomic E-state index is 14.0. The number of allylic oxidation sites excluding steroid dienone is 3. The number of fused-ring (bicyclic) bond motifs is 1. The highest BCUT2D eigenvalue weighted by Crippen LogP contribution is 2.35. The van der Waals surface area contributed by atoms with Gasteiger partial charge in [-0.3, -0.25) is 0 Å². The molecule has 0 radical (unpaired) electrons. The van der Waals surface area contributed by atoms with E-state index in [1.807, 2.05) is 36.5 Å². The van der Waals surface area contributed by atoms with Crippen molar-refractivity contribution in [2.75, 3.05) is 0 Å². The van der Waals surface area contributed by atoms with Crippen LogP contribution in [0.5, 0.6) is 0 Å². The summed E-state index contributed by atoms with van der Waals surface area (Å²) in [6, 6.07) is 12.6. The van der Waals surface area contributed by atoms with Crippen LogP contribution in [0.4, 0.5) is 4.39 Å². The fourth-order valence-corrected chi connectivity index (χ4v) is 4.63. The molecule has 0 fully saturated rings. The Bertz CT molecular complexity index is 1210. The Kier molecular flexibility index (Phi) is 6.75. The highest BCUT2D eigenvalue weighted by molar-refractivity contribution is 6.36. The van der Waals surface area contributed by atoms with Crippen LogP contribution in [0, 0.1) is 5.82 Å². The summed E-state index contributed by atoms with van der Waals surface area (Å²) in [5.41, 5.74) is 6.67. The van der Waals surface area contributed by atoms with Gasteiger partial charge < -0.3 is 9.94 Å². The van der Waals surface area contributed by atoms with Crippen LogP contribution in [0.3, 0.4) is 0 Å². The van der Waals surface area contributed by atoms with Crippen molar-refractivity contribution in [3.63, 3.8) is 0 Å². The summed E-state index contributed by atoms with van der Waals surface area (Å²) in [7, 11) is 0. The summed E-state index contributed by atoms with van der Waals surface area (Å²) < 4.78 is 15.7. The summed E-state index contributed by atoms with van der Waals surface area (Å²) in [5.74, 6) is -0.532. The minimum absolute atomic E-state index is 0.0110. The molecule has 1 aliphatic carbocycles. The van der Waals surface area contributed by atoms with Gasteiger partial charge in [0, 0.05) is 16.8 Å². The Morgan fingerprint density at radius 2 is 1.97 bits per heavy atom. The van der Waals surface area contributed by atoms with Crippen molar-refractivity contribution in [2.45, 2.75) is 39.4 Å². The van der Waals surface area contributed by atoms with Gasteiger partial charge in [0.25, 0.3) is 0 Å². The topological polar surface area (TPSA) is 34.4 Å². The number of hydrogen-bond acceptors (Lipinski definition) is 2. The summed E-state index contributed by atoms with van der Waals surface area (Å²) in [5, 5.41) is 9.87. The quantitative estimate of drug-likeness (QED) is 0.390. The van der Waals surface area contributed by atoms with Crippen LogP contribution in [0.15, 0.2) is 60.3 Å². The largest absolute Gasteiger partial charge is 0.406 e. The van der Waals surface area contributed by atoms with Crippen molar-refractivity contribution >= 4 is 34.9 Å². The van der Waals surface area contributed by atoms with Gasteiger partial charge in [-0.15, -0.1) is 0 Å². The molecule has 1 heterocycles. The van der Waals surface area contributed by atoms with Crippen LogP contribution >= 0.6 is 23.2 Å². The van der Waals surface area contributed by atoms with Gasteiger partial charge in [-0.1, -0.05) is 60.0 Å². The van der Waals surface area contributed by atoms with Crippen molar-refractivity contribution in [1.82, 2.24) is 4.73 Å². The number of aliphatic hydroxyl groups is 1. The first-order valence-corrected chi connectivity index (χ1v) is 11.3. The molecule has 0 aliphatic heterocycles. The average Bonchev–Trinajstić information content (AvgIpc) is 3.04. The highest BCUT2D eigenvalue weighted by Gasteiger charge is 2.21. The van der Waals surface area contributed by atoms with E-state index < -0.39 is 11.9 Å². The van der Waals surface area contributed by atoms with Crippen LogP contribution < -0.4 is 4.84 Å². The van der Waals surface area contributed by atoms with Gasteiger partial charge in [0.1, 0.15) is 5.82 Å². The second-order valence-corrected chi connectivity index (χ2v) is 8.63. The zero-order valence-corrected chi connectivity index (χ0v) is 19.4. The van der Waals surface area contributed by atoms with Crippen molar-refractivity contribution < 1.29 is 14.3 Å². The van der Waals surface area contributed by atoms with Crippen molar-refractivity contribution in [2.24, 2.45) is 0 Å². The first kappa shape index (κ1) is 22.7. The van der Waals surface area contributed by atoms with Crippen molar-refractivity contribution in [1.29, 1.82) is 0 Å². The van der Waals surface area contributed by atoms with E-state index in [0.717, 1.165) is 40.8 Å². The number of aromatic nitrogens is 1. The second kappa shape index (κ2) is 9.53. The number of nitrogens with zero attached hydrogens (tertiary/aromatic N) is 1. The summed E-state index contributed by atoms with van der Waals surface area (Å²) in [4.78, 5) is 6.18. The molecule has 1 N–H and O–H groups in total. The molecule has 2 aromatic carbocycles. The van der Waals surface area contributed by atoms with E-state index in [1.54, 1.807) is 11.7 Å². The van der Waals surface area contributed by atoms with E-state index >= 15 is 0 Å². The minimum Gasteiger partial charge on any atom is -0.406 e. The molecule has 6 heteroatoms. The molecule has 4 rings (SSSR count). The van der Waals surface area contributed by atoms with Crippen molar-refractivity contribution in [3.8, 4) is 0 Å². The van der Waals surface area contributed by atoms with Gasteiger partial charge in [0.2, 0.25) is 0 Å². The van der Waals surface area contributed by atoms with E-state index in [0.29, 0.717) is 10.6 Å². The fourth-order valence-electron chi connectivity index (χ4n) is 3.95. The summed E-state index contributed by atoms with van der Waals surface area (Å²) in [6.45, 7) is 3.92. The van der Waals surface area contributed by atoms with Gasteiger partial charge in [0.05, 0.1) is 17.3 Å². The normalized spacial score (nSPS) is 14.3. The van der Waals surface area contributed by atoms with E-state index in [9.17, 15) is 9.50 Å². The zero-order chi connectivity index (χ0) is 22.8. The summed E-state index contributed by atoms with van der Waals surface area (Å²) in [6.07, 6.45) is 7.30. The molecule has 3 nitrogen and oxygen atoms in total. The van der Waals surface area contributed by atoms with Gasteiger partial charge in [-0.05, 0) is 72.4 Å². The Morgan fingerprint density at radius 1 is 1.16 bits per heavy atom. The average molecular weight is 472 g/mol. The van der Waals surface area contributed by atoms with Gasteiger partial charge in [-0.25, -0.2) is 4.39 Å². The van der Waals surface area contributed by atoms with Crippen LogP contribution in [0.2, 0.25) is 10.0 Å². The van der Waals surface area contributed by atoms with Crippen LogP contribution in [0.25, 0.3) is 11.6 Å². The number of halogens is 3. The molecule has 0 saturated carbocycles. The molecule has 1 aromatic heterocycles. The molecule has 3 aromatic rings. The lowest BCUT2D eigenvalue weighted by Gasteiger charge is -2.19. The predicted octanol–water partition coefficient (Wildman–Crippen LogP) is 7.05. The number of benzene rings is 2. The lowest BCUT2D eigenvalue weighted by molar-refractivity contribution is 0.0470. The molecular formula is C26H24Cl2FNO2. The summed E-state index contributed by atoms with van der Waals surface area (Å²) >= 11 is 12.5. The Morgan fingerprint density at radius 3 is 2.72 bits per heavy atom. The van der Waals surface area contributed by atoms with E-state index in [1.165, 1.54) is 17.7 Å². The monoisotopic (exact) mass is 471 g/mol. The van der Waals surface area contributed by atoms with Gasteiger partial charge in [0.15, 0.2) is 6.10 Å². The second-order valence-electron chi connectivity index (χ2n) is 7.85. The first-order chi connectivity index (χ1) is 15.4. The molecular weight excluding hydrogens is 448 g/mol. The molecule has 1 atom stereocenters. The maximum atomic E-state index is 14.0. The third-order valence-electron chi connectivity index (χ3n) is 5.70. The van der Waals surface area contributed by atoms with Gasteiger partial charge >= 0.3 is 0 Å². The SMILES string of the molecule is CCC1=CC(c2cccc(CO)c2)=Cc2c(ccn2OC(C)c2c(Cl)ccc(F)c2Cl)C1. The van der Waals surface area contributed by atoms with Crippen LogP contribution in [-0.4, -0.2) is 9.84 Å². The molecule has 32 heavy (non-hydrogen) atoms. The molecule has 166 valence electrons. The molecule has 1 aliphatic rings. The minimum atomic E-state index is -0.571. The Balaban J connectivity index is 1.74. The third kappa shape index (κ3) is 4.49. The molecule has 0 amide bonds. The van der Waals surface area contributed by atoms with E-state index in [4.69, 9.17) is 28.0 Å². The van der Waals surface area contributed by atoms with E-state index in [2.05, 4.69) is 19.1 Å². The first-order valence-electron chi connectivity index (χ1n) is 10.5. The zero-order valence-electron chi connectivity index (χ0n) is 17.9.